The fraction of sp³-hybridized carbons (Fsp3) is 0.188. The molecule has 25 heavy (non-hydrogen) atoms. The molecule has 9 heteroatoms. The Labute approximate surface area is 142 Å². The maximum absolute atomic E-state index is 12.6. The first-order valence-electron chi connectivity index (χ1n) is 7.14. The molecule has 1 aromatic heterocycles. The maximum Gasteiger partial charge on any atom is 0.433 e. The molecule has 0 aliphatic heterocycles. The van der Waals surface area contributed by atoms with Crippen molar-refractivity contribution in [3.8, 4) is 5.75 Å². The third-order valence-electron chi connectivity index (χ3n) is 3.12. The Morgan fingerprint density at radius 1 is 1.28 bits per heavy atom. The highest BCUT2D eigenvalue weighted by molar-refractivity contribution is 6.32. The van der Waals surface area contributed by atoms with Crippen molar-refractivity contribution in [3.05, 3.63) is 48.3 Å². The van der Waals surface area contributed by atoms with Gasteiger partial charge in [0.2, 0.25) is 0 Å². The van der Waals surface area contributed by atoms with Crippen LogP contribution >= 0.6 is 0 Å². The minimum absolute atomic E-state index is 0.109. The molecule has 0 amide bonds. The van der Waals surface area contributed by atoms with Gasteiger partial charge in [-0.15, -0.1) is 0 Å². The van der Waals surface area contributed by atoms with Gasteiger partial charge in [-0.1, -0.05) is 0 Å². The smallest absolute Gasteiger partial charge is 0.433 e. The normalized spacial score (nSPS) is 12.4. The molecule has 0 bridgehead atoms. The van der Waals surface area contributed by atoms with Crippen molar-refractivity contribution in [3.63, 3.8) is 0 Å². The van der Waals surface area contributed by atoms with Gasteiger partial charge in [-0.3, -0.25) is 9.98 Å². The highest BCUT2D eigenvalue weighted by Gasteiger charge is 2.32. The number of nitrogens with zero attached hydrogens (tertiary/aromatic N) is 3. The zero-order valence-corrected chi connectivity index (χ0v) is 13.3. The van der Waals surface area contributed by atoms with Gasteiger partial charge in [0.15, 0.2) is 0 Å². The number of hydrazone groups is 1. The van der Waals surface area contributed by atoms with Crippen molar-refractivity contribution in [1.82, 2.24) is 4.98 Å². The SMILES string of the molecule is COc1ccc(N=CC(CNc2ccnc(C(F)(F)F)c2)=NN)cc1. The molecule has 0 unspecified atom stereocenters. The van der Waals surface area contributed by atoms with Crippen LogP contribution < -0.4 is 15.9 Å². The molecule has 0 spiro atoms. The van der Waals surface area contributed by atoms with Crippen LogP contribution in [-0.4, -0.2) is 30.6 Å². The van der Waals surface area contributed by atoms with E-state index < -0.39 is 11.9 Å². The van der Waals surface area contributed by atoms with E-state index in [1.54, 1.807) is 31.4 Å². The van der Waals surface area contributed by atoms with Crippen LogP contribution in [0.25, 0.3) is 0 Å². The molecule has 0 saturated carbocycles. The summed E-state index contributed by atoms with van der Waals surface area (Å²) in [6.45, 7) is 0.109. The lowest BCUT2D eigenvalue weighted by Crippen LogP contribution is -2.17. The second-order valence-corrected chi connectivity index (χ2v) is 4.86. The number of hydrogen-bond donors (Lipinski definition) is 2. The topological polar surface area (TPSA) is 84.9 Å². The number of anilines is 1. The highest BCUT2D eigenvalue weighted by atomic mass is 19.4. The predicted octanol–water partition coefficient (Wildman–Crippen LogP) is 3.24. The van der Waals surface area contributed by atoms with Crippen LogP contribution in [-0.2, 0) is 6.18 Å². The fourth-order valence-corrected chi connectivity index (χ4v) is 1.83. The molecule has 0 fully saturated rings. The predicted molar refractivity (Wildman–Crippen MR) is 90.5 cm³/mol. The number of nitrogens with two attached hydrogens (primary N) is 1. The van der Waals surface area contributed by atoms with Gasteiger partial charge in [-0.25, -0.2) is 0 Å². The number of methoxy groups -OCH3 is 1. The quantitative estimate of drug-likeness (QED) is 0.475. The largest absolute Gasteiger partial charge is 0.497 e. The Morgan fingerprint density at radius 3 is 2.60 bits per heavy atom. The van der Waals surface area contributed by atoms with Gasteiger partial charge in [0.25, 0.3) is 0 Å². The van der Waals surface area contributed by atoms with E-state index in [1.165, 1.54) is 12.3 Å². The van der Waals surface area contributed by atoms with Gasteiger partial charge in [0, 0.05) is 11.9 Å². The van der Waals surface area contributed by atoms with Gasteiger partial charge < -0.3 is 15.9 Å². The summed E-state index contributed by atoms with van der Waals surface area (Å²) in [6, 6.07) is 9.32. The monoisotopic (exact) mass is 351 g/mol. The molecule has 0 atom stereocenters. The minimum atomic E-state index is -4.50. The van der Waals surface area contributed by atoms with Crippen LogP contribution in [0.5, 0.6) is 5.75 Å². The summed E-state index contributed by atoms with van der Waals surface area (Å²) in [5.74, 6) is 5.99. The van der Waals surface area contributed by atoms with Gasteiger partial charge in [0.05, 0.1) is 31.3 Å². The Bertz CT molecular complexity index is 757. The van der Waals surface area contributed by atoms with Gasteiger partial charge >= 0.3 is 6.18 Å². The number of aromatic nitrogens is 1. The summed E-state index contributed by atoms with van der Waals surface area (Å²) in [6.07, 6.45) is -1.99. The van der Waals surface area contributed by atoms with Crippen molar-refractivity contribution in [2.45, 2.75) is 6.18 Å². The van der Waals surface area contributed by atoms with Gasteiger partial charge in [-0.05, 0) is 36.4 Å². The lowest BCUT2D eigenvalue weighted by molar-refractivity contribution is -0.141. The molecule has 132 valence electrons. The third kappa shape index (κ3) is 5.48. The molecule has 2 aromatic rings. The number of alkyl halides is 3. The summed E-state index contributed by atoms with van der Waals surface area (Å²) in [5.41, 5.74) is 0.295. The maximum atomic E-state index is 12.6. The minimum Gasteiger partial charge on any atom is -0.497 e. The van der Waals surface area contributed by atoms with Crippen molar-refractivity contribution in [2.75, 3.05) is 19.0 Å². The Hall–Kier alpha value is -3.10. The molecule has 1 aromatic carbocycles. The zero-order chi connectivity index (χ0) is 18.3. The average molecular weight is 351 g/mol. The second kappa shape index (κ2) is 8.13. The molecule has 6 nitrogen and oxygen atoms in total. The van der Waals surface area contributed by atoms with Gasteiger partial charge in [-0.2, -0.15) is 18.3 Å². The number of rotatable bonds is 6. The molecular formula is C16H16F3N5O. The van der Waals surface area contributed by atoms with E-state index >= 15 is 0 Å². The van der Waals surface area contributed by atoms with Crippen LogP contribution in [0.4, 0.5) is 24.5 Å². The Morgan fingerprint density at radius 2 is 2.00 bits per heavy atom. The number of ether oxygens (including phenoxy) is 1. The molecule has 0 aliphatic carbocycles. The van der Waals surface area contributed by atoms with Crippen LogP contribution in [0.3, 0.4) is 0 Å². The fourth-order valence-electron chi connectivity index (χ4n) is 1.83. The van der Waals surface area contributed by atoms with Gasteiger partial charge in [0.1, 0.15) is 11.4 Å². The van der Waals surface area contributed by atoms with Crippen LogP contribution in [0.15, 0.2) is 52.7 Å². The third-order valence-corrected chi connectivity index (χ3v) is 3.12. The van der Waals surface area contributed by atoms with E-state index in [1.807, 2.05) is 0 Å². The molecule has 2 rings (SSSR count). The van der Waals surface area contributed by atoms with E-state index in [9.17, 15) is 13.2 Å². The van der Waals surface area contributed by atoms with Crippen molar-refractivity contribution < 1.29 is 17.9 Å². The number of benzene rings is 1. The summed E-state index contributed by atoms with van der Waals surface area (Å²) in [4.78, 5) is 7.49. The van der Waals surface area contributed by atoms with Crippen molar-refractivity contribution in [2.24, 2.45) is 15.9 Å². The summed E-state index contributed by atoms with van der Waals surface area (Å²) in [7, 11) is 1.56. The van der Waals surface area contributed by atoms with Crippen molar-refractivity contribution >= 4 is 23.3 Å². The standard InChI is InChI=1S/C16H16F3N5O/c1-25-14-4-2-11(3-5-14)22-9-13(24-20)10-23-12-6-7-21-15(8-12)16(17,18)19/h2-9H,10,20H2,1H3,(H,21,23). The summed E-state index contributed by atoms with van der Waals surface area (Å²) < 4.78 is 42.9. The number of hydrogen-bond acceptors (Lipinski definition) is 6. The average Bonchev–Trinajstić information content (AvgIpc) is 2.62. The van der Waals surface area contributed by atoms with Crippen molar-refractivity contribution in [1.29, 1.82) is 0 Å². The molecule has 0 radical (unpaired) electrons. The first kappa shape index (κ1) is 18.2. The summed E-state index contributed by atoms with van der Waals surface area (Å²) >= 11 is 0. The van der Waals surface area contributed by atoms with E-state index in [4.69, 9.17) is 10.6 Å². The molecule has 0 aliphatic rings. The van der Waals surface area contributed by atoms with Crippen LogP contribution in [0.2, 0.25) is 0 Å². The lowest BCUT2D eigenvalue weighted by Gasteiger charge is -2.09. The second-order valence-electron chi connectivity index (χ2n) is 4.86. The Balaban J connectivity index is 1.99. The number of nitrogens with one attached hydrogen (secondary N) is 1. The highest BCUT2D eigenvalue weighted by Crippen LogP contribution is 2.28. The number of pyridine rings is 1. The number of halogens is 3. The lowest BCUT2D eigenvalue weighted by atomic mass is 10.3. The van der Waals surface area contributed by atoms with E-state index in [-0.39, 0.29) is 12.2 Å². The molecular weight excluding hydrogens is 335 g/mol. The van der Waals surface area contributed by atoms with E-state index in [2.05, 4.69) is 20.4 Å². The summed E-state index contributed by atoms with van der Waals surface area (Å²) in [5, 5.41) is 6.37. The van der Waals surface area contributed by atoms with Crippen LogP contribution in [0, 0.1) is 0 Å². The van der Waals surface area contributed by atoms with Crippen LogP contribution in [0.1, 0.15) is 5.69 Å². The first-order chi connectivity index (χ1) is 11.9. The zero-order valence-electron chi connectivity index (χ0n) is 13.3. The van der Waals surface area contributed by atoms with E-state index in [0.717, 1.165) is 12.3 Å². The molecule has 1 heterocycles. The van der Waals surface area contributed by atoms with E-state index in [0.29, 0.717) is 17.1 Å². The first-order valence-corrected chi connectivity index (χ1v) is 7.14. The molecule has 3 N–H and O–H groups in total. The Kier molecular flexibility index (Phi) is 5.93. The number of aliphatic imine (C=N–C) groups is 1. The molecule has 0 saturated heterocycles.